The number of para-hydroxylation sites is 1. The van der Waals surface area contributed by atoms with Crippen molar-refractivity contribution in [2.75, 3.05) is 0 Å². The second-order valence-corrected chi connectivity index (χ2v) is 6.85. The molecule has 1 aromatic heterocycles. The van der Waals surface area contributed by atoms with Crippen LogP contribution in [0.1, 0.15) is 12.5 Å². The van der Waals surface area contributed by atoms with Crippen LogP contribution >= 0.6 is 0 Å². The first-order valence-corrected chi connectivity index (χ1v) is 9.15. The fourth-order valence-electron chi connectivity index (χ4n) is 2.83. The maximum atomic E-state index is 13.3. The van der Waals surface area contributed by atoms with Gasteiger partial charge in [0.2, 0.25) is 0 Å². The van der Waals surface area contributed by atoms with Gasteiger partial charge in [-0.05, 0) is 42.9 Å². The lowest BCUT2D eigenvalue weighted by atomic mass is 10.0. The van der Waals surface area contributed by atoms with Gasteiger partial charge in [0.25, 0.3) is 0 Å². The van der Waals surface area contributed by atoms with E-state index in [-0.39, 0.29) is 28.9 Å². The predicted octanol–water partition coefficient (Wildman–Crippen LogP) is 4.75. The van der Waals surface area contributed by atoms with Crippen molar-refractivity contribution in [2.24, 2.45) is 0 Å². The van der Waals surface area contributed by atoms with Crippen LogP contribution in [0, 0.1) is 0 Å². The van der Waals surface area contributed by atoms with Gasteiger partial charge in [-0.3, -0.25) is 0 Å². The Morgan fingerprint density at radius 3 is 2.56 bits per heavy atom. The summed E-state index contributed by atoms with van der Waals surface area (Å²) < 4.78 is 73.3. The highest BCUT2D eigenvalue weighted by Crippen LogP contribution is 2.39. The van der Waals surface area contributed by atoms with Gasteiger partial charge in [0.05, 0.1) is 16.5 Å². The average Bonchev–Trinajstić information content (AvgIpc) is 2.96. The number of benzene rings is 1. The van der Waals surface area contributed by atoms with Crippen LogP contribution in [0.25, 0.3) is 11.0 Å². The molecule has 1 aromatic carbocycles. The standard InChI is InChI=1S/C22H15F5O5/c1-12(21(23,24)22(25,26)27)31-19(29)14-6-4-5-13(9-10-14)11-16-18(28)15-7-2-3-8-17(15)32-20(16)30/h2-4,6-10,12,28H,11H2,1H3. The van der Waals surface area contributed by atoms with Crippen molar-refractivity contribution in [3.05, 3.63) is 81.4 Å². The lowest BCUT2D eigenvalue weighted by molar-refractivity contribution is -0.311. The van der Waals surface area contributed by atoms with Gasteiger partial charge in [-0.15, -0.1) is 5.73 Å². The van der Waals surface area contributed by atoms with Gasteiger partial charge in [0, 0.05) is 6.42 Å². The third-order valence-corrected chi connectivity index (χ3v) is 4.65. The fraction of sp³-hybridized carbons (Fsp3) is 0.227. The number of carbonyl (C=O) groups is 1. The summed E-state index contributed by atoms with van der Waals surface area (Å²) in [7, 11) is 0. The van der Waals surface area contributed by atoms with Crippen LogP contribution in [-0.2, 0) is 16.0 Å². The summed E-state index contributed by atoms with van der Waals surface area (Å²) in [5.74, 6) is -6.91. The predicted molar refractivity (Wildman–Crippen MR) is 103 cm³/mol. The molecule has 0 saturated heterocycles. The molecule has 0 fully saturated rings. The molecular weight excluding hydrogens is 439 g/mol. The quantitative estimate of drug-likeness (QED) is 0.306. The van der Waals surface area contributed by atoms with Gasteiger partial charge in [0.1, 0.15) is 11.3 Å². The lowest BCUT2D eigenvalue weighted by Gasteiger charge is -2.25. The number of halogens is 5. The van der Waals surface area contributed by atoms with Crippen molar-refractivity contribution in [1.82, 2.24) is 0 Å². The third-order valence-electron chi connectivity index (χ3n) is 4.65. The van der Waals surface area contributed by atoms with E-state index in [1.165, 1.54) is 18.2 Å². The highest BCUT2D eigenvalue weighted by atomic mass is 19.4. The summed E-state index contributed by atoms with van der Waals surface area (Å²) in [6.45, 7) is 0.438. The number of hydrogen-bond donors (Lipinski definition) is 1. The second-order valence-electron chi connectivity index (χ2n) is 6.85. The van der Waals surface area contributed by atoms with E-state index in [1.54, 1.807) is 18.2 Å². The van der Waals surface area contributed by atoms with Gasteiger partial charge in [-0.2, -0.15) is 22.0 Å². The highest BCUT2D eigenvalue weighted by molar-refractivity contribution is 5.92. The van der Waals surface area contributed by atoms with Crippen LogP contribution in [0.15, 0.2) is 74.7 Å². The van der Waals surface area contributed by atoms with E-state index in [0.29, 0.717) is 17.9 Å². The first-order chi connectivity index (χ1) is 14.9. The van der Waals surface area contributed by atoms with Crippen LogP contribution in [0.5, 0.6) is 5.75 Å². The minimum Gasteiger partial charge on any atom is -0.507 e. The number of ether oxygens (including phenoxy) is 1. The van der Waals surface area contributed by atoms with Gasteiger partial charge in [-0.25, -0.2) is 9.59 Å². The molecule has 10 heteroatoms. The molecule has 3 rings (SSSR count). The van der Waals surface area contributed by atoms with E-state index in [4.69, 9.17) is 4.42 Å². The third kappa shape index (κ3) is 4.50. The van der Waals surface area contributed by atoms with E-state index in [0.717, 1.165) is 12.2 Å². The zero-order valence-electron chi connectivity index (χ0n) is 16.4. The molecule has 1 N–H and O–H groups in total. The summed E-state index contributed by atoms with van der Waals surface area (Å²) in [6, 6.07) is 6.33. The number of hydrogen-bond acceptors (Lipinski definition) is 5. The first kappa shape index (κ1) is 23.0. The molecule has 1 aliphatic rings. The Morgan fingerprint density at radius 1 is 1.19 bits per heavy atom. The minimum atomic E-state index is -5.88. The molecule has 1 aliphatic carbocycles. The molecule has 5 nitrogen and oxygen atoms in total. The zero-order chi connectivity index (χ0) is 23.7. The monoisotopic (exact) mass is 454 g/mol. The number of allylic oxidation sites excluding steroid dienone is 3. The summed E-state index contributed by atoms with van der Waals surface area (Å²) in [5, 5.41) is 10.7. The minimum absolute atomic E-state index is 0.0753. The molecule has 168 valence electrons. The number of rotatable bonds is 5. The Morgan fingerprint density at radius 2 is 1.88 bits per heavy atom. The number of fused-ring (bicyclic) bond motifs is 1. The van der Waals surface area contributed by atoms with Crippen molar-refractivity contribution in [3.8, 4) is 5.75 Å². The molecule has 0 bridgehead atoms. The number of carbonyl (C=O) groups excluding carboxylic acids is 1. The van der Waals surface area contributed by atoms with Crippen LogP contribution in [0.4, 0.5) is 22.0 Å². The number of alkyl halides is 5. The van der Waals surface area contributed by atoms with E-state index in [9.17, 15) is 36.6 Å². The van der Waals surface area contributed by atoms with E-state index in [1.807, 2.05) is 0 Å². The van der Waals surface area contributed by atoms with Gasteiger partial charge >= 0.3 is 23.7 Å². The topological polar surface area (TPSA) is 76.7 Å². The Balaban J connectivity index is 1.77. The molecule has 1 heterocycles. The Labute approximate surface area is 177 Å². The molecule has 0 saturated carbocycles. The molecule has 2 aromatic rings. The Kier molecular flexibility index (Phi) is 6.09. The largest absolute Gasteiger partial charge is 0.507 e. The summed E-state index contributed by atoms with van der Waals surface area (Å²) in [5.41, 5.74) is 2.04. The van der Waals surface area contributed by atoms with Crippen molar-refractivity contribution >= 4 is 16.9 Å². The second kappa shape index (κ2) is 8.47. The number of aromatic hydroxyl groups is 1. The number of esters is 1. The van der Waals surface area contributed by atoms with Gasteiger partial charge < -0.3 is 14.3 Å². The smallest absolute Gasteiger partial charge is 0.457 e. The molecule has 0 amide bonds. The highest BCUT2D eigenvalue weighted by Gasteiger charge is 2.62. The fourth-order valence-corrected chi connectivity index (χ4v) is 2.83. The maximum absolute atomic E-state index is 13.3. The molecule has 1 atom stereocenters. The maximum Gasteiger partial charge on any atom is 0.457 e. The Hall–Kier alpha value is -3.65. The lowest BCUT2D eigenvalue weighted by Crippen LogP contribution is -2.47. The van der Waals surface area contributed by atoms with Crippen LogP contribution in [-0.4, -0.2) is 29.3 Å². The normalized spacial score (nSPS) is 15.2. The molecule has 0 spiro atoms. The van der Waals surface area contributed by atoms with Crippen LogP contribution in [0.2, 0.25) is 0 Å². The van der Waals surface area contributed by atoms with Crippen molar-refractivity contribution in [2.45, 2.75) is 31.5 Å². The van der Waals surface area contributed by atoms with Crippen molar-refractivity contribution < 1.29 is 41.0 Å². The van der Waals surface area contributed by atoms with Crippen LogP contribution < -0.4 is 5.63 Å². The SMILES string of the molecule is CC(OC(=O)C1=CC=C=C(Cc2c(O)c3ccccc3oc2=O)C=C1)C(F)(F)C(F)(F)F. The van der Waals surface area contributed by atoms with Gasteiger partial charge in [0.15, 0.2) is 6.10 Å². The average molecular weight is 454 g/mol. The molecule has 32 heavy (non-hydrogen) atoms. The van der Waals surface area contributed by atoms with E-state index < -0.39 is 29.8 Å². The first-order valence-electron chi connectivity index (χ1n) is 9.15. The summed E-state index contributed by atoms with van der Waals surface area (Å²) in [6.07, 6.45) is -4.06. The molecule has 1 unspecified atom stereocenters. The summed E-state index contributed by atoms with van der Waals surface area (Å²) >= 11 is 0. The van der Waals surface area contributed by atoms with Crippen LogP contribution in [0.3, 0.4) is 0 Å². The molecule has 0 radical (unpaired) electrons. The zero-order valence-corrected chi connectivity index (χ0v) is 16.4. The summed E-state index contributed by atoms with van der Waals surface area (Å²) in [4.78, 5) is 24.3. The van der Waals surface area contributed by atoms with Gasteiger partial charge in [-0.1, -0.05) is 18.2 Å². The van der Waals surface area contributed by atoms with E-state index >= 15 is 0 Å². The van der Waals surface area contributed by atoms with E-state index in [2.05, 4.69) is 10.5 Å². The van der Waals surface area contributed by atoms with Crippen molar-refractivity contribution in [3.63, 3.8) is 0 Å². The molecule has 0 aliphatic heterocycles. The van der Waals surface area contributed by atoms with Crippen molar-refractivity contribution in [1.29, 1.82) is 0 Å². The molecular formula is C22H15F5O5. The Bertz CT molecular complexity index is 1240.